The molecule has 0 saturated heterocycles. The lowest BCUT2D eigenvalue weighted by Gasteiger charge is -2.21. The number of rotatable bonds is 5. The number of halogens is 1. The van der Waals surface area contributed by atoms with E-state index in [9.17, 15) is 9.18 Å². The van der Waals surface area contributed by atoms with Gasteiger partial charge in [-0.05, 0) is 39.3 Å². The Balaban J connectivity index is 2.54. The first-order chi connectivity index (χ1) is 8.81. The van der Waals surface area contributed by atoms with E-state index in [0.29, 0.717) is 5.69 Å². The zero-order valence-electron chi connectivity index (χ0n) is 11.9. The third-order valence-corrected chi connectivity index (χ3v) is 2.43. The number of nitrogens with one attached hydrogen (secondary N) is 1. The monoisotopic (exact) mass is 268 g/mol. The van der Waals surface area contributed by atoms with Gasteiger partial charge in [0, 0.05) is 6.04 Å². The van der Waals surface area contributed by atoms with Crippen LogP contribution in [-0.2, 0) is 9.53 Å². The van der Waals surface area contributed by atoms with Crippen LogP contribution in [0.1, 0.15) is 45.9 Å². The molecule has 0 spiro atoms. The van der Waals surface area contributed by atoms with Crippen molar-refractivity contribution < 1.29 is 13.9 Å². The summed E-state index contributed by atoms with van der Waals surface area (Å²) in [5.74, 6) is -0.682. The van der Waals surface area contributed by atoms with Crippen LogP contribution in [0.15, 0.2) is 18.3 Å². The zero-order valence-corrected chi connectivity index (χ0v) is 11.9. The molecule has 0 aliphatic carbocycles. The molecule has 1 rings (SSSR count). The molecule has 1 unspecified atom stereocenters. The molecular weight excluding hydrogens is 247 g/mol. The lowest BCUT2D eigenvalue weighted by Crippen LogP contribution is -2.33. The van der Waals surface area contributed by atoms with E-state index in [0.717, 1.165) is 6.42 Å². The Morgan fingerprint density at radius 3 is 2.63 bits per heavy atom. The highest BCUT2D eigenvalue weighted by atomic mass is 19.1. The molecule has 0 saturated carbocycles. The van der Waals surface area contributed by atoms with E-state index in [1.54, 1.807) is 6.07 Å². The molecule has 1 aromatic heterocycles. The van der Waals surface area contributed by atoms with Gasteiger partial charge in [-0.3, -0.25) is 15.1 Å². The molecule has 0 aromatic carbocycles. The van der Waals surface area contributed by atoms with Gasteiger partial charge in [-0.25, -0.2) is 4.39 Å². The Labute approximate surface area is 113 Å². The van der Waals surface area contributed by atoms with Gasteiger partial charge in [0.2, 0.25) is 0 Å². The van der Waals surface area contributed by atoms with Crippen molar-refractivity contribution in [1.82, 2.24) is 10.3 Å². The minimum Gasteiger partial charge on any atom is -0.459 e. The molecule has 1 N–H and O–H groups in total. The van der Waals surface area contributed by atoms with Crippen molar-refractivity contribution in [3.8, 4) is 0 Å². The van der Waals surface area contributed by atoms with Crippen molar-refractivity contribution in [3.63, 3.8) is 0 Å². The number of carbonyl (C=O) groups excluding carboxylic acids is 1. The van der Waals surface area contributed by atoms with Crippen LogP contribution >= 0.6 is 0 Å². The fourth-order valence-electron chi connectivity index (χ4n) is 1.64. The minimum atomic E-state index is -0.491. The number of hydrogen-bond donors (Lipinski definition) is 1. The maximum Gasteiger partial charge on any atom is 0.320 e. The first kappa shape index (κ1) is 15.6. The van der Waals surface area contributed by atoms with Crippen LogP contribution in [-0.4, -0.2) is 23.1 Å². The third kappa shape index (κ3) is 5.79. The molecule has 0 aliphatic rings. The summed E-state index contributed by atoms with van der Waals surface area (Å²) < 4.78 is 18.0. The summed E-state index contributed by atoms with van der Waals surface area (Å²) in [5.41, 5.74) is 0.224. The Hall–Kier alpha value is -1.49. The zero-order chi connectivity index (χ0) is 14.5. The van der Waals surface area contributed by atoms with Crippen molar-refractivity contribution in [1.29, 1.82) is 0 Å². The van der Waals surface area contributed by atoms with E-state index in [1.807, 2.05) is 27.7 Å². The number of carbonyl (C=O) groups is 1. The second kappa shape index (κ2) is 6.61. The van der Waals surface area contributed by atoms with Gasteiger partial charge in [-0.15, -0.1) is 0 Å². The standard InChI is InChI=1S/C14H21FN2O2/c1-5-11(12-7-6-10(15)8-16-12)17-9-13(18)19-14(2,3)4/h6-8,11,17H,5,9H2,1-4H3. The SMILES string of the molecule is CCC(NCC(=O)OC(C)(C)C)c1ccc(F)cn1. The molecule has 0 aliphatic heterocycles. The van der Waals surface area contributed by atoms with Gasteiger partial charge in [-0.1, -0.05) is 6.92 Å². The molecule has 4 nitrogen and oxygen atoms in total. The third-order valence-electron chi connectivity index (χ3n) is 2.43. The second-order valence-electron chi connectivity index (χ2n) is 5.33. The lowest BCUT2D eigenvalue weighted by molar-refractivity contribution is -0.153. The van der Waals surface area contributed by atoms with Gasteiger partial charge in [-0.2, -0.15) is 0 Å². The Kier molecular flexibility index (Phi) is 5.42. The van der Waals surface area contributed by atoms with E-state index < -0.39 is 5.60 Å². The van der Waals surface area contributed by atoms with Gasteiger partial charge in [0.15, 0.2) is 0 Å². The number of hydrogen-bond acceptors (Lipinski definition) is 4. The molecule has 5 heteroatoms. The normalized spacial score (nSPS) is 13.1. The number of ether oxygens (including phenoxy) is 1. The quantitative estimate of drug-likeness (QED) is 0.834. The van der Waals surface area contributed by atoms with Gasteiger partial charge >= 0.3 is 5.97 Å². The molecule has 0 bridgehead atoms. The van der Waals surface area contributed by atoms with E-state index in [4.69, 9.17) is 4.74 Å². The Morgan fingerprint density at radius 2 is 2.16 bits per heavy atom. The Bertz CT molecular complexity index is 412. The predicted molar refractivity (Wildman–Crippen MR) is 71.1 cm³/mol. The van der Waals surface area contributed by atoms with Crippen LogP contribution in [0.3, 0.4) is 0 Å². The molecule has 0 radical (unpaired) electrons. The van der Waals surface area contributed by atoms with Gasteiger partial charge < -0.3 is 4.74 Å². The number of esters is 1. The first-order valence-electron chi connectivity index (χ1n) is 6.38. The van der Waals surface area contributed by atoms with Crippen LogP contribution in [0, 0.1) is 5.82 Å². The van der Waals surface area contributed by atoms with Crippen LogP contribution in [0.2, 0.25) is 0 Å². The van der Waals surface area contributed by atoms with Crippen molar-refractivity contribution in [2.45, 2.75) is 45.8 Å². The van der Waals surface area contributed by atoms with E-state index in [1.165, 1.54) is 12.3 Å². The average molecular weight is 268 g/mol. The fourth-order valence-corrected chi connectivity index (χ4v) is 1.64. The van der Waals surface area contributed by atoms with Crippen LogP contribution < -0.4 is 5.32 Å². The lowest BCUT2D eigenvalue weighted by atomic mass is 10.1. The highest BCUT2D eigenvalue weighted by molar-refractivity contribution is 5.72. The summed E-state index contributed by atoms with van der Waals surface area (Å²) >= 11 is 0. The van der Waals surface area contributed by atoms with Crippen molar-refractivity contribution >= 4 is 5.97 Å². The molecule has 1 aromatic rings. The summed E-state index contributed by atoms with van der Waals surface area (Å²) in [4.78, 5) is 15.6. The number of aromatic nitrogens is 1. The van der Waals surface area contributed by atoms with E-state index >= 15 is 0 Å². The maximum absolute atomic E-state index is 12.8. The number of pyridine rings is 1. The second-order valence-corrected chi connectivity index (χ2v) is 5.33. The average Bonchev–Trinajstić information content (AvgIpc) is 2.29. The summed E-state index contributed by atoms with van der Waals surface area (Å²) in [6.45, 7) is 7.55. The fraction of sp³-hybridized carbons (Fsp3) is 0.571. The van der Waals surface area contributed by atoms with Gasteiger partial charge in [0.25, 0.3) is 0 Å². The molecular formula is C14H21FN2O2. The summed E-state index contributed by atoms with van der Waals surface area (Å²) in [6.07, 6.45) is 1.93. The molecule has 0 fully saturated rings. The van der Waals surface area contributed by atoms with Crippen molar-refractivity contribution in [2.75, 3.05) is 6.54 Å². The first-order valence-corrected chi connectivity index (χ1v) is 6.38. The predicted octanol–water partition coefficient (Wildman–Crippen LogP) is 2.60. The highest BCUT2D eigenvalue weighted by Crippen LogP contribution is 2.14. The van der Waals surface area contributed by atoms with Crippen LogP contribution in [0.25, 0.3) is 0 Å². The molecule has 0 amide bonds. The molecule has 19 heavy (non-hydrogen) atoms. The summed E-state index contributed by atoms with van der Waals surface area (Å²) in [7, 11) is 0. The van der Waals surface area contributed by atoms with Crippen LogP contribution in [0.4, 0.5) is 4.39 Å². The highest BCUT2D eigenvalue weighted by Gasteiger charge is 2.18. The smallest absolute Gasteiger partial charge is 0.320 e. The van der Waals surface area contributed by atoms with Crippen LogP contribution in [0.5, 0.6) is 0 Å². The topological polar surface area (TPSA) is 51.2 Å². The van der Waals surface area contributed by atoms with Crippen molar-refractivity contribution in [3.05, 3.63) is 29.8 Å². The molecule has 1 atom stereocenters. The van der Waals surface area contributed by atoms with E-state index in [-0.39, 0.29) is 24.4 Å². The van der Waals surface area contributed by atoms with E-state index in [2.05, 4.69) is 10.3 Å². The largest absolute Gasteiger partial charge is 0.459 e. The van der Waals surface area contributed by atoms with Gasteiger partial charge in [0.1, 0.15) is 11.4 Å². The molecule has 106 valence electrons. The molecule has 1 heterocycles. The maximum atomic E-state index is 12.8. The summed E-state index contributed by atoms with van der Waals surface area (Å²) in [5, 5.41) is 3.07. The summed E-state index contributed by atoms with van der Waals surface area (Å²) in [6, 6.07) is 2.89. The van der Waals surface area contributed by atoms with Gasteiger partial charge in [0.05, 0.1) is 18.4 Å². The minimum absolute atomic E-state index is 0.0897. The number of nitrogens with zero attached hydrogens (tertiary/aromatic N) is 1. The Morgan fingerprint density at radius 1 is 1.47 bits per heavy atom. The van der Waals surface area contributed by atoms with Crippen molar-refractivity contribution in [2.24, 2.45) is 0 Å².